The number of thiocarbonyl (C=S) groups is 1. The van der Waals surface area contributed by atoms with E-state index < -0.39 is 5.91 Å². The summed E-state index contributed by atoms with van der Waals surface area (Å²) in [5.41, 5.74) is 4.16. The summed E-state index contributed by atoms with van der Waals surface area (Å²) in [4.78, 5) is 27.5. The molecule has 0 aromatic heterocycles. The van der Waals surface area contributed by atoms with Gasteiger partial charge in [-0.3, -0.25) is 14.5 Å². The quantitative estimate of drug-likeness (QED) is 0.271. The normalized spacial score (nSPS) is 14.3. The summed E-state index contributed by atoms with van der Waals surface area (Å²) in [6.07, 6.45) is 1.76. The molecule has 1 aliphatic heterocycles. The summed E-state index contributed by atoms with van der Waals surface area (Å²) >= 11 is 6.74. The first-order valence-electron chi connectivity index (χ1n) is 11.6. The summed E-state index contributed by atoms with van der Waals surface area (Å²) in [6, 6.07) is 16.5. The zero-order valence-electron chi connectivity index (χ0n) is 20.5. The molecule has 37 heavy (non-hydrogen) atoms. The van der Waals surface area contributed by atoms with Crippen LogP contribution in [0.1, 0.15) is 23.6 Å². The van der Waals surface area contributed by atoms with Crippen LogP contribution in [0.2, 0.25) is 0 Å². The molecular formula is C28H25FN2O4S2. The van der Waals surface area contributed by atoms with Gasteiger partial charge in [-0.1, -0.05) is 36.1 Å². The third-order valence-corrected chi connectivity index (χ3v) is 6.90. The van der Waals surface area contributed by atoms with Gasteiger partial charge < -0.3 is 14.8 Å². The zero-order valence-corrected chi connectivity index (χ0v) is 22.2. The van der Waals surface area contributed by atoms with Crippen molar-refractivity contribution in [1.29, 1.82) is 0 Å². The summed E-state index contributed by atoms with van der Waals surface area (Å²) in [5.74, 6) is -0.142. The molecule has 0 unspecified atom stereocenters. The molecule has 0 bridgehead atoms. The number of thioether (sulfide) groups is 1. The van der Waals surface area contributed by atoms with Crippen molar-refractivity contribution in [2.45, 2.75) is 20.8 Å². The van der Waals surface area contributed by atoms with Crippen LogP contribution < -0.4 is 19.7 Å². The number of carbonyl (C=O) groups is 2. The van der Waals surface area contributed by atoms with Crippen molar-refractivity contribution in [3.63, 3.8) is 0 Å². The monoisotopic (exact) mass is 536 g/mol. The minimum Gasteiger partial charge on any atom is -0.490 e. The molecular weight excluding hydrogens is 511 g/mol. The number of halogens is 1. The van der Waals surface area contributed by atoms with Gasteiger partial charge in [0.2, 0.25) is 0 Å². The van der Waals surface area contributed by atoms with E-state index in [1.807, 2.05) is 39.0 Å². The highest BCUT2D eigenvalue weighted by Crippen LogP contribution is 2.37. The first-order chi connectivity index (χ1) is 17.7. The van der Waals surface area contributed by atoms with Crippen molar-refractivity contribution >= 4 is 57.6 Å². The largest absolute Gasteiger partial charge is 0.490 e. The van der Waals surface area contributed by atoms with E-state index >= 15 is 0 Å². The second-order valence-corrected chi connectivity index (χ2v) is 9.94. The van der Waals surface area contributed by atoms with Crippen LogP contribution in [0.4, 0.5) is 15.8 Å². The molecule has 4 rings (SSSR count). The maximum absolute atomic E-state index is 13.2. The molecule has 1 aliphatic rings. The average Bonchev–Trinajstić information content (AvgIpc) is 3.14. The number of rotatable bonds is 8. The Labute approximate surface area is 224 Å². The van der Waals surface area contributed by atoms with Crippen LogP contribution in [-0.4, -0.2) is 29.3 Å². The molecule has 6 nitrogen and oxygen atoms in total. The van der Waals surface area contributed by atoms with E-state index in [1.165, 1.54) is 36.0 Å². The van der Waals surface area contributed by atoms with E-state index in [0.29, 0.717) is 33.0 Å². The van der Waals surface area contributed by atoms with Crippen LogP contribution >= 0.6 is 24.0 Å². The second kappa shape index (κ2) is 11.6. The molecule has 0 aliphatic carbocycles. The minimum absolute atomic E-state index is 0.186. The Bertz CT molecular complexity index is 1390. The summed E-state index contributed by atoms with van der Waals surface area (Å²) in [5, 5.41) is 2.65. The Hall–Kier alpha value is -3.69. The van der Waals surface area contributed by atoms with Crippen molar-refractivity contribution in [3.8, 4) is 11.5 Å². The van der Waals surface area contributed by atoms with E-state index in [2.05, 4.69) is 5.32 Å². The Morgan fingerprint density at radius 1 is 1.03 bits per heavy atom. The second-order valence-electron chi connectivity index (χ2n) is 8.27. The predicted molar refractivity (Wildman–Crippen MR) is 150 cm³/mol. The van der Waals surface area contributed by atoms with E-state index in [9.17, 15) is 14.0 Å². The fourth-order valence-electron chi connectivity index (χ4n) is 3.58. The highest BCUT2D eigenvalue weighted by molar-refractivity contribution is 8.27. The molecule has 0 saturated carbocycles. The fraction of sp³-hybridized carbons (Fsp3) is 0.179. The van der Waals surface area contributed by atoms with Gasteiger partial charge in [0.15, 0.2) is 22.4 Å². The summed E-state index contributed by atoms with van der Waals surface area (Å²) < 4.78 is 24.9. The van der Waals surface area contributed by atoms with E-state index in [0.717, 1.165) is 22.4 Å². The molecule has 3 aromatic rings. The van der Waals surface area contributed by atoms with Crippen molar-refractivity contribution in [2.24, 2.45) is 0 Å². The van der Waals surface area contributed by atoms with Gasteiger partial charge in [0.05, 0.1) is 17.2 Å². The number of anilines is 2. The molecule has 1 saturated heterocycles. The smallest absolute Gasteiger partial charge is 0.270 e. The molecule has 2 amide bonds. The Balaban J connectivity index is 1.48. The van der Waals surface area contributed by atoms with Crippen LogP contribution in [-0.2, 0) is 9.59 Å². The lowest BCUT2D eigenvalue weighted by Crippen LogP contribution is -2.27. The molecule has 1 heterocycles. The van der Waals surface area contributed by atoms with Crippen LogP contribution in [0.15, 0.2) is 65.6 Å². The SMILES string of the molecule is CCOc1cc(/C=C2\SC(=S)N(c3ccc(C)c(C)c3)C2=O)ccc1OCC(=O)Nc1ccc(F)cc1. The van der Waals surface area contributed by atoms with Gasteiger partial charge >= 0.3 is 0 Å². The third-order valence-electron chi connectivity index (χ3n) is 5.59. The van der Waals surface area contributed by atoms with Crippen molar-refractivity contribution < 1.29 is 23.5 Å². The number of benzene rings is 3. The summed E-state index contributed by atoms with van der Waals surface area (Å²) in [6.45, 7) is 5.98. The minimum atomic E-state index is -0.395. The highest BCUT2D eigenvalue weighted by atomic mass is 32.2. The average molecular weight is 537 g/mol. The lowest BCUT2D eigenvalue weighted by molar-refractivity contribution is -0.118. The van der Waals surface area contributed by atoms with Gasteiger partial charge in [-0.05, 0) is 92.1 Å². The van der Waals surface area contributed by atoms with Gasteiger partial charge in [0, 0.05) is 5.69 Å². The fourth-order valence-corrected chi connectivity index (χ4v) is 4.88. The Morgan fingerprint density at radius 3 is 2.49 bits per heavy atom. The van der Waals surface area contributed by atoms with Crippen LogP contribution in [0.25, 0.3) is 6.08 Å². The van der Waals surface area contributed by atoms with Crippen molar-refractivity contribution in [3.05, 3.63) is 88.1 Å². The van der Waals surface area contributed by atoms with Crippen molar-refractivity contribution in [2.75, 3.05) is 23.4 Å². The first-order valence-corrected chi connectivity index (χ1v) is 12.8. The standard InChI is InChI=1S/C28H25FN2O4S2/c1-4-34-24-14-19(6-12-23(24)35-16-26(32)30-21-9-7-20(29)8-10-21)15-25-27(33)31(28(36)37-25)22-11-5-17(2)18(3)13-22/h5-15H,4,16H2,1-3H3,(H,30,32)/b25-15-. The van der Waals surface area contributed by atoms with E-state index in [4.69, 9.17) is 21.7 Å². The molecule has 1 N–H and O–H groups in total. The predicted octanol–water partition coefficient (Wildman–Crippen LogP) is 6.26. The molecule has 9 heteroatoms. The maximum Gasteiger partial charge on any atom is 0.270 e. The molecule has 3 aromatic carbocycles. The first kappa shape index (κ1) is 26.4. The van der Waals surface area contributed by atoms with Crippen LogP contribution in [0.3, 0.4) is 0 Å². The zero-order chi connectivity index (χ0) is 26.5. The van der Waals surface area contributed by atoms with E-state index in [1.54, 1.807) is 29.2 Å². The number of ether oxygens (including phenoxy) is 2. The maximum atomic E-state index is 13.2. The topological polar surface area (TPSA) is 67.9 Å². The van der Waals surface area contributed by atoms with Gasteiger partial charge in [0.1, 0.15) is 5.82 Å². The lowest BCUT2D eigenvalue weighted by Gasteiger charge is -2.16. The number of carbonyl (C=O) groups excluding carboxylic acids is 2. The third kappa shape index (κ3) is 6.36. The Morgan fingerprint density at radius 2 is 1.78 bits per heavy atom. The van der Waals surface area contributed by atoms with Gasteiger partial charge in [-0.2, -0.15) is 0 Å². The number of amides is 2. The van der Waals surface area contributed by atoms with Gasteiger partial charge in [0.25, 0.3) is 11.8 Å². The highest BCUT2D eigenvalue weighted by Gasteiger charge is 2.33. The Kier molecular flexibility index (Phi) is 8.25. The number of nitrogens with zero attached hydrogens (tertiary/aromatic N) is 1. The van der Waals surface area contributed by atoms with Gasteiger partial charge in [-0.25, -0.2) is 4.39 Å². The molecule has 0 atom stereocenters. The number of hydrogen-bond acceptors (Lipinski definition) is 6. The number of nitrogens with one attached hydrogen (secondary N) is 1. The van der Waals surface area contributed by atoms with Crippen LogP contribution in [0.5, 0.6) is 11.5 Å². The molecule has 1 fully saturated rings. The van der Waals surface area contributed by atoms with Crippen molar-refractivity contribution in [1.82, 2.24) is 0 Å². The molecule has 0 spiro atoms. The molecule has 190 valence electrons. The van der Waals surface area contributed by atoms with Gasteiger partial charge in [-0.15, -0.1) is 0 Å². The number of hydrogen-bond donors (Lipinski definition) is 1. The lowest BCUT2D eigenvalue weighted by atomic mass is 10.1. The molecule has 0 radical (unpaired) electrons. The summed E-state index contributed by atoms with van der Waals surface area (Å²) in [7, 11) is 0. The van der Waals surface area contributed by atoms with E-state index in [-0.39, 0.29) is 18.3 Å². The number of aryl methyl sites for hydroxylation is 2. The van der Waals surface area contributed by atoms with Crippen LogP contribution in [0, 0.1) is 19.7 Å².